The lowest BCUT2D eigenvalue weighted by Crippen LogP contribution is -2.33. The molecule has 1 heterocycles. The van der Waals surface area contributed by atoms with E-state index in [-0.39, 0.29) is 36.1 Å². The molecule has 0 bridgehead atoms. The molecular formula is C25H36O5. The van der Waals surface area contributed by atoms with E-state index in [1.165, 1.54) is 0 Å². The van der Waals surface area contributed by atoms with E-state index in [1.807, 2.05) is 31.2 Å². The van der Waals surface area contributed by atoms with E-state index in [2.05, 4.69) is 18.7 Å². The summed E-state index contributed by atoms with van der Waals surface area (Å²) in [6, 6.07) is 10.2. The van der Waals surface area contributed by atoms with Crippen molar-refractivity contribution in [3.8, 4) is 0 Å². The Morgan fingerprint density at radius 1 is 1.23 bits per heavy atom. The molecule has 0 radical (unpaired) electrons. The molecule has 5 unspecified atom stereocenters. The van der Waals surface area contributed by atoms with Gasteiger partial charge in [0.1, 0.15) is 0 Å². The first-order chi connectivity index (χ1) is 14.7. The van der Waals surface area contributed by atoms with Crippen LogP contribution in [-0.2, 0) is 30.3 Å². The number of benzene rings is 1. The molecule has 0 aromatic heterocycles. The highest BCUT2D eigenvalue weighted by Crippen LogP contribution is 2.44. The van der Waals surface area contributed by atoms with Gasteiger partial charge in [-0.2, -0.15) is 0 Å². The summed E-state index contributed by atoms with van der Waals surface area (Å²) in [5.74, 6) is 0.573. The molecule has 166 valence electrons. The van der Waals surface area contributed by atoms with Crippen molar-refractivity contribution < 1.29 is 23.7 Å². The molecule has 5 heteroatoms. The zero-order chi connectivity index (χ0) is 21.2. The summed E-state index contributed by atoms with van der Waals surface area (Å²) >= 11 is 0. The Balaban J connectivity index is 1.67. The Morgan fingerprint density at radius 3 is 2.77 bits per heavy atom. The Morgan fingerprint density at radius 2 is 2.07 bits per heavy atom. The van der Waals surface area contributed by atoms with Crippen molar-refractivity contribution in [1.29, 1.82) is 0 Å². The Bertz CT molecular complexity index is 640. The van der Waals surface area contributed by atoms with Crippen LogP contribution >= 0.6 is 0 Å². The van der Waals surface area contributed by atoms with Gasteiger partial charge in [-0.05, 0) is 56.4 Å². The summed E-state index contributed by atoms with van der Waals surface area (Å²) < 4.78 is 23.6. The van der Waals surface area contributed by atoms with Gasteiger partial charge in [0.2, 0.25) is 0 Å². The van der Waals surface area contributed by atoms with Crippen molar-refractivity contribution in [2.75, 3.05) is 19.8 Å². The lowest BCUT2D eigenvalue weighted by molar-refractivity contribution is -0.199. The maximum atomic E-state index is 12.2. The summed E-state index contributed by atoms with van der Waals surface area (Å²) in [5.41, 5.74) is 1.16. The number of hydrogen-bond donors (Lipinski definition) is 0. The fourth-order valence-corrected chi connectivity index (χ4v) is 4.79. The van der Waals surface area contributed by atoms with Crippen LogP contribution in [0.1, 0.15) is 51.0 Å². The monoisotopic (exact) mass is 416 g/mol. The van der Waals surface area contributed by atoms with Gasteiger partial charge in [0.05, 0.1) is 25.9 Å². The van der Waals surface area contributed by atoms with Gasteiger partial charge in [0.15, 0.2) is 6.29 Å². The van der Waals surface area contributed by atoms with Gasteiger partial charge in [-0.3, -0.25) is 4.79 Å². The molecule has 1 aromatic rings. The van der Waals surface area contributed by atoms with Crippen molar-refractivity contribution >= 4 is 5.97 Å². The highest BCUT2D eigenvalue weighted by Gasteiger charge is 2.45. The smallest absolute Gasteiger partial charge is 0.306 e. The van der Waals surface area contributed by atoms with Crippen LogP contribution < -0.4 is 0 Å². The number of carbonyl (C=O) groups is 1. The molecule has 2 aliphatic rings. The minimum absolute atomic E-state index is 0.0215. The van der Waals surface area contributed by atoms with Crippen molar-refractivity contribution in [2.45, 2.75) is 64.4 Å². The molecule has 0 N–H and O–H groups in total. The standard InChI is InChI=1S/C25H36O5/c1-3-10-21-20(16-24(26)28-4-2)15-23(30-25-13-8-9-14-29-25)22(21)18-27-17-19-11-6-5-7-12-19/h3,5-7,11-12,20-23,25H,1,4,8-10,13-18H2,2H3. The van der Waals surface area contributed by atoms with Crippen molar-refractivity contribution in [1.82, 2.24) is 0 Å². The van der Waals surface area contributed by atoms with E-state index < -0.39 is 0 Å². The van der Waals surface area contributed by atoms with E-state index in [0.717, 1.165) is 44.3 Å². The largest absolute Gasteiger partial charge is 0.466 e. The summed E-state index contributed by atoms with van der Waals surface area (Å²) in [4.78, 5) is 12.2. The summed E-state index contributed by atoms with van der Waals surface area (Å²) in [6.45, 7) is 8.15. The second kappa shape index (κ2) is 12.2. The zero-order valence-corrected chi connectivity index (χ0v) is 18.2. The molecule has 5 nitrogen and oxygen atoms in total. The van der Waals surface area contributed by atoms with Gasteiger partial charge >= 0.3 is 5.97 Å². The third-order valence-corrected chi connectivity index (χ3v) is 6.23. The maximum Gasteiger partial charge on any atom is 0.306 e. The zero-order valence-electron chi connectivity index (χ0n) is 18.2. The molecule has 1 aliphatic heterocycles. The molecule has 2 fully saturated rings. The SMILES string of the molecule is C=CCC1C(CC(=O)OCC)CC(OC2CCCCO2)C1COCc1ccccc1. The normalized spacial score (nSPS) is 28.9. The summed E-state index contributed by atoms with van der Waals surface area (Å²) in [5, 5.41) is 0. The third kappa shape index (κ3) is 6.66. The Hall–Kier alpha value is -1.69. The van der Waals surface area contributed by atoms with E-state index in [9.17, 15) is 4.79 Å². The van der Waals surface area contributed by atoms with E-state index in [0.29, 0.717) is 26.2 Å². The minimum Gasteiger partial charge on any atom is -0.466 e. The molecule has 1 aromatic carbocycles. The molecular weight excluding hydrogens is 380 g/mol. The first-order valence-corrected chi connectivity index (χ1v) is 11.4. The predicted octanol–water partition coefficient (Wildman–Crippen LogP) is 4.90. The van der Waals surface area contributed by atoms with E-state index in [1.54, 1.807) is 0 Å². The van der Waals surface area contributed by atoms with Crippen molar-refractivity contribution in [3.05, 3.63) is 48.6 Å². The van der Waals surface area contributed by atoms with E-state index >= 15 is 0 Å². The summed E-state index contributed by atoms with van der Waals surface area (Å²) in [7, 11) is 0. The molecule has 0 amide bonds. The fraction of sp³-hybridized carbons (Fsp3) is 0.640. The van der Waals surface area contributed by atoms with Crippen LogP contribution in [0.2, 0.25) is 0 Å². The average Bonchev–Trinajstić information content (AvgIpc) is 3.06. The topological polar surface area (TPSA) is 54.0 Å². The molecule has 1 aliphatic carbocycles. The minimum atomic E-state index is -0.147. The van der Waals surface area contributed by atoms with Crippen molar-refractivity contribution in [2.24, 2.45) is 17.8 Å². The second-order valence-electron chi connectivity index (χ2n) is 8.33. The lowest BCUT2D eigenvalue weighted by Gasteiger charge is -2.30. The van der Waals surface area contributed by atoms with Gasteiger partial charge in [0, 0.05) is 18.9 Å². The van der Waals surface area contributed by atoms with Crippen LogP contribution in [-0.4, -0.2) is 38.2 Å². The number of ether oxygens (including phenoxy) is 4. The predicted molar refractivity (Wildman–Crippen MR) is 116 cm³/mol. The highest BCUT2D eigenvalue weighted by molar-refractivity contribution is 5.69. The number of hydrogen-bond acceptors (Lipinski definition) is 5. The maximum absolute atomic E-state index is 12.2. The Kier molecular flexibility index (Phi) is 9.37. The third-order valence-electron chi connectivity index (χ3n) is 6.23. The van der Waals surface area contributed by atoms with Crippen LogP contribution in [0.3, 0.4) is 0 Å². The highest BCUT2D eigenvalue weighted by atomic mass is 16.7. The van der Waals surface area contributed by atoms with Crippen LogP contribution in [0.5, 0.6) is 0 Å². The second-order valence-corrected chi connectivity index (χ2v) is 8.33. The molecule has 1 saturated carbocycles. The van der Waals surface area contributed by atoms with E-state index in [4.69, 9.17) is 18.9 Å². The first kappa shape index (κ1) is 23.0. The van der Waals surface area contributed by atoms with Gasteiger partial charge in [-0.1, -0.05) is 36.4 Å². The van der Waals surface area contributed by atoms with Gasteiger partial charge in [0.25, 0.3) is 0 Å². The molecule has 5 atom stereocenters. The average molecular weight is 417 g/mol. The van der Waals surface area contributed by atoms with Gasteiger partial charge < -0.3 is 18.9 Å². The molecule has 1 saturated heterocycles. The van der Waals surface area contributed by atoms with Crippen LogP contribution in [0.25, 0.3) is 0 Å². The van der Waals surface area contributed by atoms with Crippen LogP contribution in [0.15, 0.2) is 43.0 Å². The van der Waals surface area contributed by atoms with Crippen molar-refractivity contribution in [3.63, 3.8) is 0 Å². The Labute approximate surface area is 180 Å². The summed E-state index contributed by atoms with van der Waals surface area (Å²) in [6.07, 6.45) is 7.08. The van der Waals surface area contributed by atoms with Crippen LogP contribution in [0, 0.1) is 17.8 Å². The fourth-order valence-electron chi connectivity index (χ4n) is 4.79. The number of carbonyl (C=O) groups excluding carboxylic acids is 1. The van der Waals surface area contributed by atoms with Gasteiger partial charge in [-0.15, -0.1) is 6.58 Å². The lowest BCUT2D eigenvalue weighted by atomic mass is 9.85. The number of allylic oxidation sites excluding steroid dienone is 1. The van der Waals surface area contributed by atoms with Crippen LogP contribution in [0.4, 0.5) is 0 Å². The number of rotatable bonds is 11. The molecule has 3 rings (SSSR count). The first-order valence-electron chi connectivity index (χ1n) is 11.4. The molecule has 30 heavy (non-hydrogen) atoms. The molecule has 0 spiro atoms. The number of esters is 1. The van der Waals surface area contributed by atoms with Gasteiger partial charge in [-0.25, -0.2) is 0 Å². The quantitative estimate of drug-likeness (QED) is 0.379.